The van der Waals surface area contributed by atoms with Crippen LogP contribution in [0.1, 0.15) is 61.7 Å². The summed E-state index contributed by atoms with van der Waals surface area (Å²) in [5, 5.41) is 32.4. The van der Waals surface area contributed by atoms with Gasteiger partial charge in [-0.15, -0.1) is 0 Å². The number of Topliss-reactive ketones (excluding diaryl/α,β-unsaturated/α-hetero) is 2. The third kappa shape index (κ3) is 11.1. The minimum atomic E-state index is -3.28. The molecule has 0 radical (unpaired) electrons. The lowest BCUT2D eigenvalue weighted by Crippen LogP contribution is -2.30. The van der Waals surface area contributed by atoms with Crippen LogP contribution in [0.2, 0.25) is 0 Å². The Balaban J connectivity index is 3.15. The van der Waals surface area contributed by atoms with Gasteiger partial charge in [-0.2, -0.15) is 0 Å². The number of halogens is 1. The SMILES string of the molecule is CS(=O)(=O)CCCN(CCBr)c1c(C(=O)CCCCCCCC(=O)CO)cc([N+](=O)[O-])cc1[N+](=O)[O-]. The molecule has 0 aromatic heterocycles. The first-order valence-corrected chi connectivity index (χ1v) is 14.7. The molecule has 36 heavy (non-hydrogen) atoms. The number of nitrogens with zero attached hydrogens (tertiary/aromatic N) is 3. The predicted octanol–water partition coefficient (Wildman–Crippen LogP) is 3.61. The molecule has 0 fully saturated rings. The first-order valence-electron chi connectivity index (χ1n) is 11.5. The predicted molar refractivity (Wildman–Crippen MR) is 139 cm³/mol. The summed E-state index contributed by atoms with van der Waals surface area (Å²) in [5.74, 6) is -0.857. The number of nitro groups is 2. The van der Waals surface area contributed by atoms with Crippen molar-refractivity contribution in [3.8, 4) is 0 Å². The number of sulfone groups is 1. The van der Waals surface area contributed by atoms with Gasteiger partial charge < -0.3 is 10.0 Å². The number of nitro benzene ring substituents is 2. The van der Waals surface area contributed by atoms with Gasteiger partial charge in [0, 0.05) is 43.6 Å². The number of unbranched alkanes of at least 4 members (excludes halogenated alkanes) is 4. The number of non-ortho nitro benzene ring substituents is 1. The van der Waals surface area contributed by atoms with E-state index >= 15 is 0 Å². The van der Waals surface area contributed by atoms with Crippen LogP contribution in [0.15, 0.2) is 12.1 Å². The molecule has 12 nitrogen and oxygen atoms in total. The molecule has 0 amide bonds. The van der Waals surface area contributed by atoms with Crippen LogP contribution in [0.25, 0.3) is 0 Å². The normalized spacial score (nSPS) is 11.3. The van der Waals surface area contributed by atoms with Gasteiger partial charge in [0.15, 0.2) is 11.6 Å². The molecule has 0 bridgehead atoms. The van der Waals surface area contributed by atoms with Crippen molar-refractivity contribution in [3.05, 3.63) is 37.9 Å². The fourth-order valence-corrected chi connectivity index (χ4v) is 4.78. The van der Waals surface area contributed by atoms with Gasteiger partial charge in [-0.25, -0.2) is 8.42 Å². The highest BCUT2D eigenvalue weighted by atomic mass is 79.9. The highest BCUT2D eigenvalue weighted by molar-refractivity contribution is 9.09. The van der Waals surface area contributed by atoms with E-state index in [1.54, 1.807) is 0 Å². The van der Waals surface area contributed by atoms with E-state index in [-0.39, 0.29) is 48.7 Å². The van der Waals surface area contributed by atoms with Crippen LogP contribution >= 0.6 is 15.9 Å². The first kappa shape index (κ1) is 31.6. The summed E-state index contributed by atoms with van der Waals surface area (Å²) in [5.41, 5.74) is -1.34. The quantitative estimate of drug-likeness (QED) is 0.0818. The topological polar surface area (TPSA) is 178 Å². The number of hydrogen-bond donors (Lipinski definition) is 1. The maximum atomic E-state index is 13.1. The van der Waals surface area contributed by atoms with Crippen molar-refractivity contribution in [1.82, 2.24) is 0 Å². The number of hydrogen-bond acceptors (Lipinski definition) is 10. The summed E-state index contributed by atoms with van der Waals surface area (Å²) < 4.78 is 23.1. The van der Waals surface area contributed by atoms with Crippen LogP contribution in [0.5, 0.6) is 0 Å². The van der Waals surface area contributed by atoms with Crippen molar-refractivity contribution in [2.24, 2.45) is 0 Å². The fraction of sp³-hybridized carbons (Fsp3) is 0.636. The number of anilines is 1. The second-order valence-corrected chi connectivity index (χ2v) is 11.5. The van der Waals surface area contributed by atoms with Gasteiger partial charge in [0.05, 0.1) is 27.2 Å². The summed E-state index contributed by atoms with van der Waals surface area (Å²) in [6.07, 6.45) is 4.78. The van der Waals surface area contributed by atoms with Gasteiger partial charge in [0.1, 0.15) is 22.1 Å². The molecular formula is C22H32BrN3O9S. The van der Waals surface area contributed by atoms with E-state index in [4.69, 9.17) is 5.11 Å². The van der Waals surface area contributed by atoms with Crippen molar-refractivity contribution < 1.29 is 33.0 Å². The van der Waals surface area contributed by atoms with Gasteiger partial charge in [-0.05, 0) is 19.3 Å². The maximum absolute atomic E-state index is 13.1. The smallest absolute Gasteiger partial charge is 0.300 e. The molecule has 0 unspecified atom stereocenters. The van der Waals surface area contributed by atoms with E-state index in [2.05, 4.69) is 15.9 Å². The number of benzene rings is 1. The Morgan fingerprint density at radius 3 is 2.11 bits per heavy atom. The van der Waals surface area contributed by atoms with Crippen molar-refractivity contribution in [1.29, 1.82) is 0 Å². The molecule has 0 aliphatic carbocycles. The van der Waals surface area contributed by atoms with E-state index in [1.807, 2.05) is 0 Å². The van der Waals surface area contributed by atoms with Gasteiger partial charge in [0.25, 0.3) is 11.4 Å². The Morgan fingerprint density at radius 2 is 1.58 bits per heavy atom. The van der Waals surface area contributed by atoms with Crippen molar-refractivity contribution in [2.75, 3.05) is 41.9 Å². The van der Waals surface area contributed by atoms with Crippen LogP contribution in [-0.4, -0.2) is 72.0 Å². The molecule has 0 aliphatic heterocycles. The number of ketones is 2. The zero-order valence-corrected chi connectivity index (χ0v) is 22.6. The van der Waals surface area contributed by atoms with E-state index < -0.39 is 43.4 Å². The number of alkyl halides is 1. The summed E-state index contributed by atoms with van der Waals surface area (Å²) in [6, 6.07) is 1.86. The van der Waals surface area contributed by atoms with E-state index in [1.165, 1.54) is 4.90 Å². The molecule has 14 heteroatoms. The highest BCUT2D eigenvalue weighted by Crippen LogP contribution is 2.37. The van der Waals surface area contributed by atoms with E-state index in [9.17, 15) is 38.2 Å². The Bertz CT molecular complexity index is 1050. The lowest BCUT2D eigenvalue weighted by atomic mass is 9.99. The average Bonchev–Trinajstić information content (AvgIpc) is 2.80. The molecule has 202 valence electrons. The lowest BCUT2D eigenvalue weighted by Gasteiger charge is -2.25. The molecule has 0 spiro atoms. The van der Waals surface area contributed by atoms with Crippen molar-refractivity contribution in [3.63, 3.8) is 0 Å². The minimum Gasteiger partial charge on any atom is -0.389 e. The fourth-order valence-electron chi connectivity index (χ4n) is 3.70. The number of carbonyl (C=O) groups excluding carboxylic acids is 2. The van der Waals surface area contributed by atoms with Crippen LogP contribution in [0.3, 0.4) is 0 Å². The Morgan fingerprint density at radius 1 is 0.972 bits per heavy atom. The third-order valence-corrected chi connectivity index (χ3v) is 6.82. The van der Waals surface area contributed by atoms with Gasteiger partial charge in [-0.1, -0.05) is 35.2 Å². The van der Waals surface area contributed by atoms with Gasteiger partial charge in [-0.3, -0.25) is 29.8 Å². The Labute approximate surface area is 218 Å². The molecule has 0 aliphatic rings. The second kappa shape index (κ2) is 15.6. The molecule has 1 aromatic carbocycles. The largest absolute Gasteiger partial charge is 0.389 e. The zero-order chi connectivity index (χ0) is 27.3. The van der Waals surface area contributed by atoms with Crippen LogP contribution in [0, 0.1) is 20.2 Å². The standard InChI is InChI=1S/C22H32BrN3O9S/c1-36(34,35)13-7-11-24(12-10-23)22-19(14-17(25(30)31)15-20(22)26(32)33)21(29)9-6-4-2-3-5-8-18(28)16-27/h14-15,27H,2-13,16H2,1H3. The van der Waals surface area contributed by atoms with Gasteiger partial charge >= 0.3 is 0 Å². The third-order valence-electron chi connectivity index (χ3n) is 5.43. The average molecular weight is 594 g/mol. The molecular weight excluding hydrogens is 562 g/mol. The van der Waals surface area contributed by atoms with E-state index in [0.29, 0.717) is 31.0 Å². The summed E-state index contributed by atoms with van der Waals surface area (Å²) in [4.78, 5) is 47.5. The summed E-state index contributed by atoms with van der Waals surface area (Å²) in [6.45, 7) is -0.161. The van der Waals surface area contributed by atoms with Crippen molar-refractivity contribution >= 4 is 54.4 Å². The Hall–Kier alpha value is -2.45. The monoisotopic (exact) mass is 593 g/mol. The van der Waals surface area contributed by atoms with Gasteiger partial charge in [0.2, 0.25) is 0 Å². The second-order valence-electron chi connectivity index (χ2n) is 8.42. The number of carbonyl (C=O) groups is 2. The zero-order valence-electron chi connectivity index (χ0n) is 20.2. The maximum Gasteiger partial charge on any atom is 0.300 e. The molecule has 0 saturated carbocycles. The summed E-state index contributed by atoms with van der Waals surface area (Å²) in [7, 11) is -3.28. The molecule has 0 saturated heterocycles. The lowest BCUT2D eigenvalue weighted by molar-refractivity contribution is -0.393. The number of rotatable bonds is 19. The highest BCUT2D eigenvalue weighted by Gasteiger charge is 2.30. The van der Waals surface area contributed by atoms with Crippen LogP contribution < -0.4 is 4.90 Å². The van der Waals surface area contributed by atoms with Crippen LogP contribution in [-0.2, 0) is 14.6 Å². The molecule has 1 aromatic rings. The molecule has 1 rings (SSSR count). The number of aliphatic hydroxyl groups excluding tert-OH is 1. The van der Waals surface area contributed by atoms with Crippen molar-refractivity contribution in [2.45, 2.75) is 51.4 Å². The molecule has 1 N–H and O–H groups in total. The van der Waals surface area contributed by atoms with Crippen LogP contribution in [0.4, 0.5) is 17.1 Å². The number of aliphatic hydroxyl groups is 1. The summed E-state index contributed by atoms with van der Waals surface area (Å²) >= 11 is 3.27. The molecule has 0 heterocycles. The molecule has 0 atom stereocenters. The minimum absolute atomic E-state index is 0.0202. The first-order chi connectivity index (χ1) is 16.9. The Kier molecular flexibility index (Phi) is 13.7. The van der Waals surface area contributed by atoms with E-state index in [0.717, 1.165) is 31.2 Å².